The number of rotatable bonds is 3. The summed E-state index contributed by atoms with van der Waals surface area (Å²) in [5, 5.41) is 0. The number of imidazole rings is 1. The Hall–Kier alpha value is -2.29. The van der Waals surface area contributed by atoms with Crippen molar-refractivity contribution in [3.63, 3.8) is 0 Å². The van der Waals surface area contributed by atoms with Crippen molar-refractivity contribution in [2.45, 2.75) is 33.8 Å². The average molecular weight is 280 g/mol. The molecule has 0 aliphatic rings. The van der Waals surface area contributed by atoms with Gasteiger partial charge in [0.15, 0.2) is 6.10 Å². The molecule has 3 nitrogen and oxygen atoms in total. The second-order valence-corrected chi connectivity index (χ2v) is 5.65. The average Bonchev–Trinajstić information content (AvgIpc) is 2.85. The Morgan fingerprint density at radius 1 is 1.00 bits per heavy atom. The molecule has 1 atom stereocenters. The van der Waals surface area contributed by atoms with Crippen molar-refractivity contribution in [3.8, 4) is 5.75 Å². The predicted molar refractivity (Wildman–Crippen MR) is 85.8 cm³/mol. The van der Waals surface area contributed by atoms with Crippen LogP contribution in [0.25, 0.3) is 11.0 Å². The second kappa shape index (κ2) is 5.24. The van der Waals surface area contributed by atoms with E-state index < -0.39 is 0 Å². The van der Waals surface area contributed by atoms with Crippen molar-refractivity contribution in [2.24, 2.45) is 0 Å². The van der Waals surface area contributed by atoms with E-state index in [-0.39, 0.29) is 6.10 Å². The summed E-state index contributed by atoms with van der Waals surface area (Å²) in [7, 11) is 0. The molecule has 1 aromatic heterocycles. The molecule has 0 saturated carbocycles. The number of hydrogen-bond acceptors (Lipinski definition) is 2. The highest BCUT2D eigenvalue weighted by atomic mass is 16.5. The molecule has 0 unspecified atom stereocenters. The first-order chi connectivity index (χ1) is 10.0. The molecule has 0 radical (unpaired) electrons. The highest BCUT2D eigenvalue weighted by molar-refractivity contribution is 5.77. The van der Waals surface area contributed by atoms with E-state index in [1.165, 1.54) is 16.7 Å². The summed E-state index contributed by atoms with van der Waals surface area (Å²) < 4.78 is 5.95. The third-order valence-electron chi connectivity index (χ3n) is 3.83. The summed E-state index contributed by atoms with van der Waals surface area (Å²) in [6, 6.07) is 12.3. The van der Waals surface area contributed by atoms with Crippen molar-refractivity contribution < 1.29 is 4.74 Å². The van der Waals surface area contributed by atoms with Gasteiger partial charge < -0.3 is 9.72 Å². The number of aromatic nitrogens is 2. The summed E-state index contributed by atoms with van der Waals surface area (Å²) in [5.74, 6) is 1.72. The largest absolute Gasteiger partial charge is 0.483 e. The van der Waals surface area contributed by atoms with E-state index in [0.717, 1.165) is 22.6 Å². The second-order valence-electron chi connectivity index (χ2n) is 5.65. The standard InChI is InChI=1S/C18H20N2O/c1-11-5-7-15(8-6-11)21-14(4)18-19-16-9-12(2)13(3)10-17(16)20-18/h5-10,14H,1-4H3,(H,19,20)/t14-/m1/s1. The molecule has 2 aromatic carbocycles. The Morgan fingerprint density at radius 3 is 2.38 bits per heavy atom. The van der Waals surface area contributed by atoms with Gasteiger partial charge in [-0.05, 0) is 63.1 Å². The number of fused-ring (bicyclic) bond motifs is 1. The summed E-state index contributed by atoms with van der Waals surface area (Å²) in [6.07, 6.45) is -0.110. The molecule has 0 aliphatic heterocycles. The Morgan fingerprint density at radius 2 is 1.67 bits per heavy atom. The maximum Gasteiger partial charge on any atom is 0.153 e. The van der Waals surface area contributed by atoms with E-state index in [1.807, 2.05) is 31.2 Å². The van der Waals surface area contributed by atoms with Gasteiger partial charge in [-0.1, -0.05) is 17.7 Å². The topological polar surface area (TPSA) is 37.9 Å². The third-order valence-corrected chi connectivity index (χ3v) is 3.83. The fourth-order valence-electron chi connectivity index (χ4n) is 2.36. The molecule has 3 rings (SSSR count). The van der Waals surface area contributed by atoms with Crippen LogP contribution in [-0.2, 0) is 0 Å². The van der Waals surface area contributed by atoms with Gasteiger partial charge in [-0.2, -0.15) is 0 Å². The van der Waals surface area contributed by atoms with Crippen LogP contribution in [0, 0.1) is 20.8 Å². The number of nitrogens with one attached hydrogen (secondary N) is 1. The zero-order chi connectivity index (χ0) is 15.0. The first kappa shape index (κ1) is 13.7. The Kier molecular flexibility index (Phi) is 3.42. The molecule has 0 bridgehead atoms. The maximum absolute atomic E-state index is 5.95. The van der Waals surface area contributed by atoms with Crippen molar-refractivity contribution in [1.29, 1.82) is 0 Å². The maximum atomic E-state index is 5.95. The number of aryl methyl sites for hydroxylation is 3. The Balaban J connectivity index is 1.87. The molecular weight excluding hydrogens is 260 g/mol. The minimum absolute atomic E-state index is 0.110. The van der Waals surface area contributed by atoms with Gasteiger partial charge in [0.25, 0.3) is 0 Å². The quantitative estimate of drug-likeness (QED) is 0.759. The number of hydrogen-bond donors (Lipinski definition) is 1. The number of nitrogens with zero attached hydrogens (tertiary/aromatic N) is 1. The first-order valence-electron chi connectivity index (χ1n) is 7.23. The zero-order valence-electron chi connectivity index (χ0n) is 12.9. The van der Waals surface area contributed by atoms with Crippen LogP contribution in [0.2, 0.25) is 0 Å². The third kappa shape index (κ3) is 2.77. The smallest absolute Gasteiger partial charge is 0.153 e. The molecule has 1 N–H and O–H groups in total. The van der Waals surface area contributed by atoms with Crippen LogP contribution >= 0.6 is 0 Å². The van der Waals surface area contributed by atoms with Gasteiger partial charge in [-0.15, -0.1) is 0 Å². The molecule has 3 heteroatoms. The number of H-pyrrole nitrogens is 1. The summed E-state index contributed by atoms with van der Waals surface area (Å²) >= 11 is 0. The molecule has 0 amide bonds. The molecule has 0 spiro atoms. The molecule has 3 aromatic rings. The van der Waals surface area contributed by atoms with E-state index in [2.05, 4.69) is 42.9 Å². The lowest BCUT2D eigenvalue weighted by atomic mass is 10.1. The van der Waals surface area contributed by atoms with Crippen LogP contribution in [0.3, 0.4) is 0 Å². The van der Waals surface area contributed by atoms with Crippen LogP contribution in [0.4, 0.5) is 0 Å². The van der Waals surface area contributed by atoms with Crippen LogP contribution < -0.4 is 4.74 Å². The lowest BCUT2D eigenvalue weighted by molar-refractivity contribution is 0.218. The Labute approximate surface area is 125 Å². The lowest BCUT2D eigenvalue weighted by Gasteiger charge is -2.12. The van der Waals surface area contributed by atoms with Gasteiger partial charge >= 0.3 is 0 Å². The van der Waals surface area contributed by atoms with Gasteiger partial charge in [-0.25, -0.2) is 4.98 Å². The fourth-order valence-corrected chi connectivity index (χ4v) is 2.36. The van der Waals surface area contributed by atoms with Crippen molar-refractivity contribution in [1.82, 2.24) is 9.97 Å². The van der Waals surface area contributed by atoms with E-state index in [0.29, 0.717) is 0 Å². The van der Waals surface area contributed by atoms with Crippen molar-refractivity contribution in [2.75, 3.05) is 0 Å². The molecule has 21 heavy (non-hydrogen) atoms. The number of benzene rings is 2. The lowest BCUT2D eigenvalue weighted by Crippen LogP contribution is -2.04. The minimum Gasteiger partial charge on any atom is -0.483 e. The van der Waals surface area contributed by atoms with E-state index >= 15 is 0 Å². The SMILES string of the molecule is Cc1ccc(O[C@H](C)c2nc3cc(C)c(C)cc3[nH]2)cc1. The summed E-state index contributed by atoms with van der Waals surface area (Å²) in [5.41, 5.74) is 5.81. The van der Waals surface area contributed by atoms with Gasteiger partial charge in [0.05, 0.1) is 11.0 Å². The molecule has 0 aliphatic carbocycles. The van der Waals surface area contributed by atoms with Crippen molar-refractivity contribution >= 4 is 11.0 Å². The fraction of sp³-hybridized carbons (Fsp3) is 0.278. The van der Waals surface area contributed by atoms with Crippen molar-refractivity contribution in [3.05, 3.63) is 58.9 Å². The molecule has 1 heterocycles. The summed E-state index contributed by atoms with van der Waals surface area (Å²) in [4.78, 5) is 8.01. The number of ether oxygens (including phenoxy) is 1. The van der Waals surface area contributed by atoms with Crippen LogP contribution in [0.5, 0.6) is 5.75 Å². The van der Waals surface area contributed by atoms with Gasteiger partial charge in [0.2, 0.25) is 0 Å². The monoisotopic (exact) mass is 280 g/mol. The van der Waals surface area contributed by atoms with Gasteiger partial charge in [0, 0.05) is 0 Å². The molecule has 0 fully saturated rings. The molecular formula is C18H20N2O. The highest BCUT2D eigenvalue weighted by Gasteiger charge is 2.13. The van der Waals surface area contributed by atoms with Crippen LogP contribution in [0.15, 0.2) is 36.4 Å². The van der Waals surface area contributed by atoms with Gasteiger partial charge in [-0.3, -0.25) is 0 Å². The molecule has 108 valence electrons. The van der Waals surface area contributed by atoms with Crippen LogP contribution in [0.1, 0.15) is 35.5 Å². The number of aromatic amines is 1. The highest BCUT2D eigenvalue weighted by Crippen LogP contribution is 2.24. The first-order valence-corrected chi connectivity index (χ1v) is 7.23. The summed E-state index contributed by atoms with van der Waals surface area (Å²) in [6.45, 7) is 8.30. The van der Waals surface area contributed by atoms with E-state index in [4.69, 9.17) is 4.74 Å². The van der Waals surface area contributed by atoms with E-state index in [9.17, 15) is 0 Å². The van der Waals surface area contributed by atoms with Crippen LogP contribution in [-0.4, -0.2) is 9.97 Å². The minimum atomic E-state index is -0.110. The van der Waals surface area contributed by atoms with E-state index in [1.54, 1.807) is 0 Å². The van der Waals surface area contributed by atoms with Gasteiger partial charge in [0.1, 0.15) is 11.6 Å². The Bertz CT molecular complexity index is 733. The zero-order valence-corrected chi connectivity index (χ0v) is 12.9. The normalized spacial score (nSPS) is 12.6. The molecule has 0 saturated heterocycles. The predicted octanol–water partition coefficient (Wildman–Crippen LogP) is 4.63.